The van der Waals surface area contributed by atoms with E-state index >= 15 is 0 Å². The molecule has 0 fully saturated rings. The molecule has 2 aromatic heterocycles. The van der Waals surface area contributed by atoms with Crippen molar-refractivity contribution in [3.8, 4) is 0 Å². The Labute approximate surface area is 113 Å². The fourth-order valence-electron chi connectivity index (χ4n) is 2.23. The molecular weight excluding hydrogens is 242 g/mol. The number of nitrogens with zero attached hydrogens (tertiary/aromatic N) is 2. The maximum atomic E-state index is 4.23. The van der Waals surface area contributed by atoms with E-state index < -0.39 is 0 Å². The van der Waals surface area contributed by atoms with E-state index in [1.165, 1.54) is 10.6 Å². The number of hydrogen-bond donors (Lipinski definition) is 1. The fraction of sp³-hybridized carbons (Fsp3) is 0.500. The third-order valence-electron chi connectivity index (χ3n) is 3.25. The zero-order valence-electron chi connectivity index (χ0n) is 11.4. The van der Waals surface area contributed by atoms with Crippen LogP contribution in [0.3, 0.4) is 0 Å². The lowest BCUT2D eigenvalue weighted by molar-refractivity contribution is 0.370. The Balaban J connectivity index is 2.13. The summed E-state index contributed by atoms with van der Waals surface area (Å²) in [7, 11) is 1.99. The van der Waals surface area contributed by atoms with Crippen molar-refractivity contribution in [3.05, 3.63) is 40.3 Å². The van der Waals surface area contributed by atoms with Gasteiger partial charge in [-0.2, -0.15) is 5.10 Å². The molecule has 2 heterocycles. The first kappa shape index (κ1) is 13.3. The van der Waals surface area contributed by atoms with Gasteiger partial charge in [0, 0.05) is 30.2 Å². The van der Waals surface area contributed by atoms with E-state index in [1.807, 2.05) is 29.3 Å². The van der Waals surface area contributed by atoms with Crippen molar-refractivity contribution in [2.45, 2.75) is 32.9 Å². The van der Waals surface area contributed by atoms with Crippen LogP contribution in [-0.2, 0) is 7.05 Å². The molecule has 0 spiro atoms. The molecule has 18 heavy (non-hydrogen) atoms. The van der Waals surface area contributed by atoms with Crippen LogP contribution in [0.15, 0.2) is 29.8 Å². The molecule has 0 aliphatic heterocycles. The summed E-state index contributed by atoms with van der Waals surface area (Å²) in [4.78, 5) is 1.40. The predicted molar refractivity (Wildman–Crippen MR) is 76.7 cm³/mol. The lowest BCUT2D eigenvalue weighted by Gasteiger charge is -2.25. The normalized spacial score (nSPS) is 14.9. The van der Waals surface area contributed by atoms with Crippen LogP contribution in [0.2, 0.25) is 0 Å². The van der Waals surface area contributed by atoms with Crippen molar-refractivity contribution < 1.29 is 0 Å². The van der Waals surface area contributed by atoms with E-state index in [0.29, 0.717) is 18.0 Å². The van der Waals surface area contributed by atoms with Crippen LogP contribution in [0.5, 0.6) is 0 Å². The van der Waals surface area contributed by atoms with Gasteiger partial charge >= 0.3 is 0 Å². The molecule has 0 bridgehead atoms. The average molecular weight is 263 g/mol. The number of aryl methyl sites for hydroxylation is 1. The van der Waals surface area contributed by atoms with E-state index in [0.717, 1.165) is 0 Å². The topological polar surface area (TPSA) is 29.9 Å². The Morgan fingerprint density at radius 1 is 1.28 bits per heavy atom. The monoisotopic (exact) mass is 263 g/mol. The van der Waals surface area contributed by atoms with Crippen molar-refractivity contribution in [2.75, 3.05) is 0 Å². The van der Waals surface area contributed by atoms with E-state index in [9.17, 15) is 0 Å². The van der Waals surface area contributed by atoms with Crippen LogP contribution in [0, 0.1) is 5.92 Å². The van der Waals surface area contributed by atoms with Crippen LogP contribution in [-0.4, -0.2) is 9.78 Å². The van der Waals surface area contributed by atoms with Gasteiger partial charge in [-0.25, -0.2) is 0 Å². The smallest absolute Gasteiger partial charge is 0.0547 e. The summed E-state index contributed by atoms with van der Waals surface area (Å²) in [6, 6.07) is 7.09. The van der Waals surface area contributed by atoms with Crippen molar-refractivity contribution in [3.63, 3.8) is 0 Å². The van der Waals surface area contributed by atoms with Crippen molar-refractivity contribution in [1.82, 2.24) is 15.1 Å². The quantitative estimate of drug-likeness (QED) is 0.894. The lowest BCUT2D eigenvalue weighted by Crippen LogP contribution is -2.29. The second-order valence-corrected chi connectivity index (χ2v) is 5.98. The zero-order chi connectivity index (χ0) is 13.1. The summed E-state index contributed by atoms with van der Waals surface area (Å²) in [6.45, 7) is 6.71. The van der Waals surface area contributed by atoms with Crippen LogP contribution >= 0.6 is 11.3 Å². The summed E-state index contributed by atoms with van der Waals surface area (Å²) in [6.07, 6.45) is 1.85. The third-order valence-corrected chi connectivity index (χ3v) is 4.20. The molecule has 2 atom stereocenters. The molecule has 0 saturated carbocycles. The molecule has 0 saturated heterocycles. The molecule has 1 N–H and O–H groups in total. The standard InChI is InChI=1S/C14H21N3S/c1-10(2)14(13-6-5-9-18-13)16-11(3)12-7-8-15-17(12)4/h5-11,14,16H,1-4H3. The number of nitrogens with one attached hydrogen (secondary N) is 1. The summed E-state index contributed by atoms with van der Waals surface area (Å²) < 4.78 is 1.93. The average Bonchev–Trinajstić information content (AvgIpc) is 2.95. The van der Waals surface area contributed by atoms with Gasteiger partial charge in [0.15, 0.2) is 0 Å². The fourth-order valence-corrected chi connectivity index (χ4v) is 3.19. The summed E-state index contributed by atoms with van der Waals surface area (Å²) in [5, 5.41) is 10.1. The largest absolute Gasteiger partial charge is 0.301 e. The number of rotatable bonds is 5. The maximum Gasteiger partial charge on any atom is 0.0547 e. The van der Waals surface area contributed by atoms with Gasteiger partial charge in [0.2, 0.25) is 0 Å². The molecule has 98 valence electrons. The van der Waals surface area contributed by atoms with Crippen LogP contribution in [0.4, 0.5) is 0 Å². The predicted octanol–water partition coefficient (Wildman–Crippen LogP) is 3.53. The van der Waals surface area contributed by atoms with Crippen LogP contribution in [0.25, 0.3) is 0 Å². The van der Waals surface area contributed by atoms with Gasteiger partial charge in [-0.15, -0.1) is 11.3 Å². The highest BCUT2D eigenvalue weighted by Gasteiger charge is 2.20. The van der Waals surface area contributed by atoms with Gasteiger partial charge < -0.3 is 5.32 Å². The Hall–Kier alpha value is -1.13. The van der Waals surface area contributed by atoms with Gasteiger partial charge in [-0.05, 0) is 30.4 Å². The number of thiophene rings is 1. The molecule has 4 heteroatoms. The second kappa shape index (κ2) is 5.67. The molecular formula is C14H21N3S. The Kier molecular flexibility index (Phi) is 4.19. The molecule has 2 aromatic rings. The van der Waals surface area contributed by atoms with E-state index in [-0.39, 0.29) is 0 Å². The molecule has 3 nitrogen and oxygen atoms in total. The summed E-state index contributed by atoms with van der Waals surface area (Å²) in [5.41, 5.74) is 1.22. The number of aromatic nitrogens is 2. The van der Waals surface area contributed by atoms with E-state index in [1.54, 1.807) is 0 Å². The van der Waals surface area contributed by atoms with Gasteiger partial charge in [0.25, 0.3) is 0 Å². The van der Waals surface area contributed by atoms with E-state index in [4.69, 9.17) is 0 Å². The van der Waals surface area contributed by atoms with Crippen molar-refractivity contribution >= 4 is 11.3 Å². The third kappa shape index (κ3) is 2.82. The first-order valence-corrected chi connectivity index (χ1v) is 7.25. The summed E-state index contributed by atoms with van der Waals surface area (Å²) >= 11 is 1.82. The number of hydrogen-bond acceptors (Lipinski definition) is 3. The first-order valence-electron chi connectivity index (χ1n) is 6.37. The van der Waals surface area contributed by atoms with Gasteiger partial charge in [-0.3, -0.25) is 4.68 Å². The van der Waals surface area contributed by atoms with Crippen LogP contribution < -0.4 is 5.32 Å². The van der Waals surface area contributed by atoms with Gasteiger partial charge in [0.05, 0.1) is 5.69 Å². The molecule has 0 amide bonds. The molecule has 0 aliphatic rings. The molecule has 0 aromatic carbocycles. The Morgan fingerprint density at radius 2 is 2.06 bits per heavy atom. The maximum absolute atomic E-state index is 4.23. The van der Waals surface area contributed by atoms with E-state index in [2.05, 4.69) is 54.8 Å². The molecule has 2 unspecified atom stereocenters. The lowest BCUT2D eigenvalue weighted by atomic mass is 10.0. The highest BCUT2D eigenvalue weighted by molar-refractivity contribution is 7.10. The molecule has 0 radical (unpaired) electrons. The first-order chi connectivity index (χ1) is 8.59. The van der Waals surface area contributed by atoms with Crippen LogP contribution in [0.1, 0.15) is 43.4 Å². The SMILES string of the molecule is CC(NC(c1cccs1)C(C)C)c1ccnn1C. The van der Waals surface area contributed by atoms with Gasteiger partial charge in [0.1, 0.15) is 0 Å². The minimum Gasteiger partial charge on any atom is -0.301 e. The Morgan fingerprint density at radius 3 is 2.56 bits per heavy atom. The summed E-state index contributed by atoms with van der Waals surface area (Å²) in [5.74, 6) is 0.569. The van der Waals surface area contributed by atoms with Gasteiger partial charge in [-0.1, -0.05) is 19.9 Å². The minimum absolute atomic E-state index is 0.298. The Bertz CT molecular complexity index is 473. The molecule has 2 rings (SSSR count). The minimum atomic E-state index is 0.298. The van der Waals surface area contributed by atoms with Crippen molar-refractivity contribution in [2.24, 2.45) is 13.0 Å². The molecule has 0 aliphatic carbocycles. The highest BCUT2D eigenvalue weighted by atomic mass is 32.1. The second-order valence-electron chi connectivity index (χ2n) is 5.01. The van der Waals surface area contributed by atoms with Crippen molar-refractivity contribution in [1.29, 1.82) is 0 Å². The highest BCUT2D eigenvalue weighted by Crippen LogP contribution is 2.28. The zero-order valence-corrected chi connectivity index (χ0v) is 12.2.